The lowest BCUT2D eigenvalue weighted by molar-refractivity contribution is 1.50. The first kappa shape index (κ1) is 27.0. The smallest absolute Gasteiger partial charge is 0.0623 e. The van der Waals surface area contributed by atoms with Crippen molar-refractivity contribution in [3.8, 4) is 0 Å². The molecule has 0 spiro atoms. The van der Waals surface area contributed by atoms with E-state index in [1.54, 1.807) is 12.1 Å². The minimum absolute atomic E-state index is 0.548. The Morgan fingerprint density at radius 3 is 1.12 bits per heavy atom. The molecule has 0 amide bonds. The highest BCUT2D eigenvalue weighted by Crippen LogP contribution is 2.06. The third-order valence-corrected chi connectivity index (χ3v) is 2.01. The molecule has 0 nitrogen and oxygen atoms in total. The minimum atomic E-state index is 0.548. The average molecular weight is 332 g/mol. The summed E-state index contributed by atoms with van der Waals surface area (Å²) in [6.07, 6.45) is 4.12. The molecule has 0 bridgehead atoms. The third kappa shape index (κ3) is 20.2. The van der Waals surface area contributed by atoms with E-state index in [4.69, 9.17) is 1.37 Å². The highest BCUT2D eigenvalue weighted by Gasteiger charge is 1.84. The van der Waals surface area contributed by atoms with Gasteiger partial charge < -0.3 is 0 Å². The van der Waals surface area contributed by atoms with Crippen molar-refractivity contribution in [2.24, 2.45) is 0 Å². The molecule has 2 aromatic carbocycles. The van der Waals surface area contributed by atoms with Crippen molar-refractivity contribution in [2.45, 2.75) is 69.2 Å². The Bertz CT molecular complexity index is 441. The molecule has 0 aliphatic heterocycles. The van der Waals surface area contributed by atoms with Crippen molar-refractivity contribution in [2.75, 3.05) is 0 Å². The second-order valence-corrected chi connectivity index (χ2v) is 3.08. The maximum Gasteiger partial charge on any atom is 0.0623 e. The van der Waals surface area contributed by atoms with Crippen molar-refractivity contribution in [1.82, 2.24) is 0 Å². The fraction of sp³-hybridized carbons (Fsp3) is 0.417. The van der Waals surface area contributed by atoms with Gasteiger partial charge in [0.15, 0.2) is 0 Å². The molecular weight excluding hydrogens is 288 g/mol. The summed E-state index contributed by atoms with van der Waals surface area (Å²) in [5.74, 6) is 0. The van der Waals surface area contributed by atoms with Crippen LogP contribution in [0, 0.1) is 0 Å². The molecule has 0 saturated heterocycles. The molecule has 0 heteroatoms. The van der Waals surface area contributed by atoms with Crippen LogP contribution in [0.5, 0.6) is 0 Å². The fourth-order valence-electron chi connectivity index (χ4n) is 1.27. The molecule has 0 radical (unpaired) electrons. The third-order valence-electron chi connectivity index (χ3n) is 2.01. The molecule has 138 valence electrons. The molecule has 0 unspecified atom stereocenters. The number of hydrogen-bond donors (Lipinski definition) is 0. The van der Waals surface area contributed by atoms with Crippen LogP contribution in [0.3, 0.4) is 0 Å². The molecule has 0 N–H and O–H groups in total. The SMILES string of the molecule is CC.CC.CC.CC.CC.[2H]c1ccc(C=Cc2ccccc2)cc1. The number of benzene rings is 2. The quantitative estimate of drug-likeness (QED) is 0.481. The molecule has 0 heterocycles. The zero-order valence-corrected chi connectivity index (χ0v) is 17.9. The first-order chi connectivity index (χ1) is 12.3. The van der Waals surface area contributed by atoms with Crippen LogP contribution < -0.4 is 0 Å². The monoisotopic (exact) mass is 331 g/mol. The molecule has 24 heavy (non-hydrogen) atoms. The summed E-state index contributed by atoms with van der Waals surface area (Å²) in [5, 5.41) is 0. The number of hydrogen-bond acceptors (Lipinski definition) is 0. The van der Waals surface area contributed by atoms with Gasteiger partial charge in [0.2, 0.25) is 0 Å². The van der Waals surface area contributed by atoms with Crippen LogP contribution in [-0.4, -0.2) is 0 Å². The van der Waals surface area contributed by atoms with E-state index in [0.717, 1.165) is 5.56 Å². The van der Waals surface area contributed by atoms with Crippen molar-refractivity contribution >= 4 is 12.2 Å². The van der Waals surface area contributed by atoms with Gasteiger partial charge in [0, 0.05) is 0 Å². The van der Waals surface area contributed by atoms with E-state index in [9.17, 15) is 0 Å². The van der Waals surface area contributed by atoms with E-state index in [-0.39, 0.29) is 0 Å². The predicted molar refractivity (Wildman–Crippen MR) is 119 cm³/mol. The van der Waals surface area contributed by atoms with E-state index in [1.165, 1.54) is 5.56 Å². The minimum Gasteiger partial charge on any atom is -0.0683 e. The predicted octanol–water partition coefficient (Wildman–Crippen LogP) is 8.99. The van der Waals surface area contributed by atoms with Gasteiger partial charge in [-0.05, 0) is 11.1 Å². The summed E-state index contributed by atoms with van der Waals surface area (Å²) in [6.45, 7) is 20.0. The molecule has 0 aliphatic carbocycles. The molecule has 2 rings (SSSR count). The Kier molecular flexibility index (Phi) is 37.1. The van der Waals surface area contributed by atoms with Crippen LogP contribution in [0.2, 0.25) is 0 Å². The lowest BCUT2D eigenvalue weighted by Crippen LogP contribution is -1.70. The molecule has 0 saturated carbocycles. The Morgan fingerprint density at radius 1 is 0.500 bits per heavy atom. The van der Waals surface area contributed by atoms with Gasteiger partial charge in [-0.25, -0.2) is 0 Å². The average Bonchev–Trinajstić information content (AvgIpc) is 2.76. The normalized spacial score (nSPS) is 8.00. The van der Waals surface area contributed by atoms with E-state index in [1.807, 2.05) is 99.6 Å². The van der Waals surface area contributed by atoms with Crippen LogP contribution in [0.1, 0.15) is 81.7 Å². The van der Waals surface area contributed by atoms with Gasteiger partial charge in [-0.15, -0.1) is 0 Å². The standard InChI is InChI=1S/C14H12.5C2H6/c1-3-7-13(8-4-1)11-12-14-9-5-2-6-10-14;5*1-2/h1-12H;5*1-2H3/i1D;;;;;. The van der Waals surface area contributed by atoms with E-state index in [0.29, 0.717) is 6.04 Å². The second-order valence-electron chi connectivity index (χ2n) is 3.08. The molecule has 2 aromatic rings. The van der Waals surface area contributed by atoms with Crippen molar-refractivity contribution in [3.05, 3.63) is 71.8 Å². The van der Waals surface area contributed by atoms with Gasteiger partial charge in [-0.2, -0.15) is 0 Å². The maximum atomic E-state index is 7.36. The molecule has 0 fully saturated rings. The second kappa shape index (κ2) is 32.9. The van der Waals surface area contributed by atoms with Gasteiger partial charge in [0.25, 0.3) is 0 Å². The van der Waals surface area contributed by atoms with Crippen LogP contribution >= 0.6 is 0 Å². The molecule has 0 atom stereocenters. The zero-order chi connectivity index (χ0) is 20.5. The largest absolute Gasteiger partial charge is 0.0683 e. The Labute approximate surface area is 155 Å². The lowest BCUT2D eigenvalue weighted by atomic mass is 10.1. The van der Waals surface area contributed by atoms with E-state index >= 15 is 0 Å². The summed E-state index contributed by atoms with van der Waals surface area (Å²) in [4.78, 5) is 0. The van der Waals surface area contributed by atoms with Crippen LogP contribution in [0.15, 0.2) is 60.6 Å². The summed E-state index contributed by atoms with van der Waals surface area (Å²) in [5.41, 5.74) is 2.31. The van der Waals surface area contributed by atoms with E-state index < -0.39 is 0 Å². The van der Waals surface area contributed by atoms with Gasteiger partial charge in [0.05, 0.1) is 1.37 Å². The maximum absolute atomic E-state index is 7.36. The Balaban J connectivity index is -0.000000191. The summed E-state index contributed by atoms with van der Waals surface area (Å²) in [7, 11) is 0. The highest BCUT2D eigenvalue weighted by atomic mass is 13.9. The Morgan fingerprint density at radius 2 is 0.792 bits per heavy atom. The van der Waals surface area contributed by atoms with Crippen LogP contribution in [0.25, 0.3) is 12.2 Å². The van der Waals surface area contributed by atoms with Crippen LogP contribution in [-0.2, 0) is 0 Å². The van der Waals surface area contributed by atoms with Gasteiger partial charge >= 0.3 is 0 Å². The van der Waals surface area contributed by atoms with E-state index in [2.05, 4.69) is 24.3 Å². The lowest BCUT2D eigenvalue weighted by Gasteiger charge is -1.92. The van der Waals surface area contributed by atoms with Gasteiger partial charge in [0.1, 0.15) is 0 Å². The Hall–Kier alpha value is -1.82. The zero-order valence-electron chi connectivity index (χ0n) is 18.9. The van der Waals surface area contributed by atoms with Crippen LogP contribution in [0.4, 0.5) is 0 Å². The van der Waals surface area contributed by atoms with Gasteiger partial charge in [-0.1, -0.05) is 142 Å². The topological polar surface area (TPSA) is 0 Å². The first-order valence-electron chi connectivity index (χ1n) is 10.1. The first-order valence-corrected chi connectivity index (χ1v) is 9.64. The van der Waals surface area contributed by atoms with Gasteiger partial charge in [-0.3, -0.25) is 0 Å². The molecule has 0 aliphatic rings. The van der Waals surface area contributed by atoms with Crippen molar-refractivity contribution in [1.29, 1.82) is 0 Å². The fourth-order valence-corrected chi connectivity index (χ4v) is 1.27. The summed E-state index contributed by atoms with van der Waals surface area (Å²) < 4.78 is 7.36. The van der Waals surface area contributed by atoms with Crippen molar-refractivity contribution < 1.29 is 1.37 Å². The summed E-state index contributed by atoms with van der Waals surface area (Å²) >= 11 is 0. The summed E-state index contributed by atoms with van der Waals surface area (Å²) in [6, 6.07) is 18.2. The molecule has 0 aromatic heterocycles. The number of rotatable bonds is 2. The van der Waals surface area contributed by atoms with Crippen molar-refractivity contribution in [3.63, 3.8) is 0 Å². The molecular formula is C24H42. The highest BCUT2D eigenvalue weighted by molar-refractivity contribution is 5.69.